The van der Waals surface area contributed by atoms with Crippen LogP contribution in [0.1, 0.15) is 49.5 Å². The molecule has 0 aromatic heterocycles. The standard InChI is InChI=1S/C16H25NO3S/c1-6-17(13(4)11-21(5,19)20)16(18)15-9-7-14(8-10-15)12(2)3/h7-10,12-13H,6,11H2,1-5H3/t13-/m1/s1. The van der Waals surface area contributed by atoms with Gasteiger partial charge in [-0.3, -0.25) is 4.79 Å². The molecule has 0 bridgehead atoms. The van der Waals surface area contributed by atoms with Crippen molar-refractivity contribution >= 4 is 15.7 Å². The van der Waals surface area contributed by atoms with Crippen LogP contribution in [0.25, 0.3) is 0 Å². The van der Waals surface area contributed by atoms with E-state index >= 15 is 0 Å². The van der Waals surface area contributed by atoms with Crippen LogP contribution >= 0.6 is 0 Å². The third-order valence-electron chi connectivity index (χ3n) is 3.50. The first kappa shape index (κ1) is 17.7. The smallest absolute Gasteiger partial charge is 0.254 e. The molecular formula is C16H25NO3S. The Bertz CT molecular complexity index is 576. The van der Waals surface area contributed by atoms with Crippen LogP contribution in [-0.2, 0) is 9.84 Å². The Kier molecular flexibility index (Phi) is 5.96. The second-order valence-corrected chi connectivity index (χ2v) is 7.99. The highest BCUT2D eigenvalue weighted by Crippen LogP contribution is 2.16. The van der Waals surface area contributed by atoms with Gasteiger partial charge in [0.15, 0.2) is 0 Å². The van der Waals surface area contributed by atoms with E-state index < -0.39 is 9.84 Å². The van der Waals surface area contributed by atoms with E-state index in [0.29, 0.717) is 18.0 Å². The average molecular weight is 311 g/mol. The SMILES string of the molecule is CCN(C(=O)c1ccc(C(C)C)cc1)[C@H](C)CS(C)(=O)=O. The minimum Gasteiger partial charge on any atom is -0.335 e. The van der Waals surface area contributed by atoms with Gasteiger partial charge in [-0.2, -0.15) is 0 Å². The lowest BCUT2D eigenvalue weighted by Gasteiger charge is -2.27. The molecule has 1 aromatic carbocycles. The Morgan fingerprint density at radius 1 is 1.14 bits per heavy atom. The highest BCUT2D eigenvalue weighted by atomic mass is 32.2. The molecule has 1 aromatic rings. The number of carbonyl (C=O) groups is 1. The van der Waals surface area contributed by atoms with Gasteiger partial charge >= 0.3 is 0 Å². The predicted octanol–water partition coefficient (Wildman–Crippen LogP) is 2.71. The summed E-state index contributed by atoms with van der Waals surface area (Å²) in [5.74, 6) is 0.279. The highest BCUT2D eigenvalue weighted by Gasteiger charge is 2.23. The molecule has 0 saturated heterocycles. The summed E-state index contributed by atoms with van der Waals surface area (Å²) < 4.78 is 22.8. The van der Waals surface area contributed by atoms with Crippen molar-refractivity contribution in [3.63, 3.8) is 0 Å². The summed E-state index contributed by atoms with van der Waals surface area (Å²) in [7, 11) is -3.11. The van der Waals surface area contributed by atoms with Gasteiger partial charge in [-0.05, 0) is 37.5 Å². The maximum Gasteiger partial charge on any atom is 0.254 e. The van der Waals surface area contributed by atoms with E-state index in [2.05, 4.69) is 13.8 Å². The Morgan fingerprint density at radius 3 is 2.05 bits per heavy atom. The first-order valence-corrected chi connectivity index (χ1v) is 9.30. The second kappa shape index (κ2) is 7.07. The van der Waals surface area contributed by atoms with E-state index in [-0.39, 0.29) is 17.7 Å². The molecule has 0 aliphatic carbocycles. The van der Waals surface area contributed by atoms with Crippen LogP contribution < -0.4 is 0 Å². The van der Waals surface area contributed by atoms with Crippen LogP contribution in [0, 0.1) is 0 Å². The molecule has 1 atom stereocenters. The number of carbonyl (C=O) groups excluding carboxylic acids is 1. The van der Waals surface area contributed by atoms with Gasteiger partial charge in [0.05, 0.1) is 5.75 Å². The maximum absolute atomic E-state index is 12.5. The molecule has 0 heterocycles. The molecule has 21 heavy (non-hydrogen) atoms. The number of hydrogen-bond acceptors (Lipinski definition) is 3. The molecule has 0 spiro atoms. The van der Waals surface area contributed by atoms with E-state index in [1.807, 2.05) is 31.2 Å². The molecule has 0 fully saturated rings. The van der Waals surface area contributed by atoms with Gasteiger partial charge in [-0.1, -0.05) is 26.0 Å². The molecule has 0 aliphatic rings. The summed E-state index contributed by atoms with van der Waals surface area (Å²) >= 11 is 0. The van der Waals surface area contributed by atoms with Gasteiger partial charge in [0.25, 0.3) is 5.91 Å². The lowest BCUT2D eigenvalue weighted by atomic mass is 10.0. The molecule has 0 aliphatic heterocycles. The Labute approximate surface area is 128 Å². The van der Waals surface area contributed by atoms with E-state index in [1.54, 1.807) is 11.8 Å². The quantitative estimate of drug-likeness (QED) is 0.811. The van der Waals surface area contributed by atoms with Crippen LogP contribution in [0.15, 0.2) is 24.3 Å². The molecular weight excluding hydrogens is 286 g/mol. The largest absolute Gasteiger partial charge is 0.335 e. The highest BCUT2D eigenvalue weighted by molar-refractivity contribution is 7.90. The summed E-state index contributed by atoms with van der Waals surface area (Å²) in [6, 6.07) is 7.20. The monoisotopic (exact) mass is 311 g/mol. The van der Waals surface area contributed by atoms with Crippen molar-refractivity contribution in [3.8, 4) is 0 Å². The summed E-state index contributed by atoms with van der Waals surface area (Å²) in [6.45, 7) is 8.32. The molecule has 118 valence electrons. The van der Waals surface area contributed by atoms with Gasteiger partial charge in [0.2, 0.25) is 0 Å². The minimum atomic E-state index is -3.11. The van der Waals surface area contributed by atoms with Crippen LogP contribution in [0.2, 0.25) is 0 Å². The van der Waals surface area contributed by atoms with Crippen molar-refractivity contribution in [1.82, 2.24) is 4.90 Å². The Morgan fingerprint density at radius 2 is 1.67 bits per heavy atom. The van der Waals surface area contributed by atoms with Gasteiger partial charge in [-0.15, -0.1) is 0 Å². The first-order valence-electron chi connectivity index (χ1n) is 7.24. The molecule has 5 heteroatoms. The number of sulfone groups is 1. The number of amides is 1. The number of rotatable bonds is 6. The van der Waals surface area contributed by atoms with Crippen molar-refractivity contribution in [2.45, 2.75) is 39.7 Å². The molecule has 0 unspecified atom stereocenters. The van der Waals surface area contributed by atoms with Crippen LogP contribution in [0.4, 0.5) is 0 Å². The summed E-state index contributed by atoms with van der Waals surface area (Å²) in [6.07, 6.45) is 1.19. The van der Waals surface area contributed by atoms with Crippen molar-refractivity contribution < 1.29 is 13.2 Å². The number of benzene rings is 1. The average Bonchev–Trinajstić information content (AvgIpc) is 2.37. The molecule has 0 saturated carbocycles. The van der Waals surface area contributed by atoms with E-state index in [4.69, 9.17) is 0 Å². The molecule has 1 amide bonds. The third kappa shape index (κ3) is 5.16. The molecule has 4 nitrogen and oxygen atoms in total. The fourth-order valence-corrected chi connectivity index (χ4v) is 3.42. The Balaban J connectivity index is 2.92. The third-order valence-corrected chi connectivity index (χ3v) is 4.59. The topological polar surface area (TPSA) is 54.5 Å². The lowest BCUT2D eigenvalue weighted by Crippen LogP contribution is -2.42. The van der Waals surface area contributed by atoms with Gasteiger partial charge in [-0.25, -0.2) is 8.42 Å². The van der Waals surface area contributed by atoms with Crippen molar-refractivity contribution in [2.24, 2.45) is 0 Å². The van der Waals surface area contributed by atoms with Crippen LogP contribution in [0.5, 0.6) is 0 Å². The van der Waals surface area contributed by atoms with Gasteiger partial charge in [0.1, 0.15) is 9.84 Å². The fourth-order valence-electron chi connectivity index (χ4n) is 2.36. The van der Waals surface area contributed by atoms with Crippen molar-refractivity contribution in [2.75, 3.05) is 18.6 Å². The number of nitrogens with zero attached hydrogens (tertiary/aromatic N) is 1. The minimum absolute atomic E-state index is 0.0172. The van der Waals surface area contributed by atoms with Gasteiger partial charge < -0.3 is 4.90 Å². The van der Waals surface area contributed by atoms with Crippen molar-refractivity contribution in [1.29, 1.82) is 0 Å². The van der Waals surface area contributed by atoms with E-state index in [9.17, 15) is 13.2 Å². The summed E-state index contributed by atoms with van der Waals surface area (Å²) in [5.41, 5.74) is 1.78. The second-order valence-electron chi connectivity index (χ2n) is 5.81. The van der Waals surface area contributed by atoms with E-state index in [1.165, 1.54) is 11.8 Å². The molecule has 1 rings (SSSR count). The summed E-state index contributed by atoms with van der Waals surface area (Å²) in [5, 5.41) is 0. The zero-order valence-corrected chi connectivity index (χ0v) is 14.3. The molecule has 0 radical (unpaired) electrons. The van der Waals surface area contributed by atoms with Crippen LogP contribution in [0.3, 0.4) is 0 Å². The maximum atomic E-state index is 12.5. The molecule has 0 N–H and O–H groups in total. The van der Waals surface area contributed by atoms with Crippen molar-refractivity contribution in [3.05, 3.63) is 35.4 Å². The predicted molar refractivity (Wildman–Crippen MR) is 86.4 cm³/mol. The van der Waals surface area contributed by atoms with Crippen LogP contribution in [-0.4, -0.2) is 43.8 Å². The zero-order valence-electron chi connectivity index (χ0n) is 13.5. The summed E-state index contributed by atoms with van der Waals surface area (Å²) in [4.78, 5) is 14.1. The zero-order chi connectivity index (χ0) is 16.2. The Hall–Kier alpha value is -1.36. The number of hydrogen-bond donors (Lipinski definition) is 0. The normalized spacial score (nSPS) is 13.2. The first-order chi connectivity index (χ1) is 9.65. The lowest BCUT2D eigenvalue weighted by molar-refractivity contribution is 0.0719. The fraction of sp³-hybridized carbons (Fsp3) is 0.562. The van der Waals surface area contributed by atoms with Gasteiger partial charge in [0, 0.05) is 24.4 Å². The van der Waals surface area contributed by atoms with E-state index in [0.717, 1.165) is 0 Å².